The number of hydrogen-bond acceptors (Lipinski definition) is 3. The number of rotatable bonds is 5. The van der Waals surface area contributed by atoms with Gasteiger partial charge in [-0.1, -0.05) is 41.9 Å². The summed E-state index contributed by atoms with van der Waals surface area (Å²) in [6.45, 7) is 2.22. The van der Waals surface area contributed by atoms with Crippen molar-refractivity contribution in [2.24, 2.45) is 5.92 Å². The van der Waals surface area contributed by atoms with Gasteiger partial charge in [-0.25, -0.2) is 4.79 Å². The van der Waals surface area contributed by atoms with Gasteiger partial charge in [0.05, 0.1) is 17.4 Å². The lowest BCUT2D eigenvalue weighted by atomic mass is 9.89. The Balaban J connectivity index is 1.13. The molecule has 2 aromatic carbocycles. The number of nitrogens with zero attached hydrogens (tertiary/aromatic N) is 2. The van der Waals surface area contributed by atoms with E-state index in [1.807, 2.05) is 42.5 Å². The molecule has 33 heavy (non-hydrogen) atoms. The molecule has 5 rings (SSSR count). The van der Waals surface area contributed by atoms with Crippen molar-refractivity contribution in [3.05, 3.63) is 71.4 Å². The van der Waals surface area contributed by atoms with Crippen LogP contribution in [0.5, 0.6) is 0 Å². The van der Waals surface area contributed by atoms with E-state index in [9.17, 15) is 4.79 Å². The predicted octanol–water partition coefficient (Wildman–Crippen LogP) is 5.89. The Morgan fingerprint density at radius 3 is 2.64 bits per heavy atom. The van der Waals surface area contributed by atoms with Gasteiger partial charge in [0.1, 0.15) is 0 Å². The molecule has 3 aromatic rings. The summed E-state index contributed by atoms with van der Waals surface area (Å²) in [6.07, 6.45) is 8.63. The molecule has 2 amide bonds. The number of pyridine rings is 1. The lowest BCUT2D eigenvalue weighted by molar-refractivity contribution is 0.119. The van der Waals surface area contributed by atoms with Gasteiger partial charge in [-0.05, 0) is 87.4 Å². The smallest absolute Gasteiger partial charge is 0.319 e. The van der Waals surface area contributed by atoms with Crippen LogP contribution in [0.2, 0.25) is 5.02 Å². The van der Waals surface area contributed by atoms with E-state index >= 15 is 0 Å². The molecule has 2 unspecified atom stereocenters. The minimum Gasteiger partial charge on any atom is -0.334 e. The Kier molecular flexibility index (Phi) is 6.79. The standard InChI is InChI=1S/C27H31ClN4O/c28-22-10-8-19(9-11-22)16-20-12-14-32(15-13-20)26-7-3-6-25(26)31-27(33)30-23-17-21-4-1-2-5-24(21)29-18-23/h1-2,4-5,8-11,17-18,20,25-26H,3,6-7,12-16H2,(H2,30,31,33). The van der Waals surface area contributed by atoms with E-state index in [-0.39, 0.29) is 12.1 Å². The lowest BCUT2D eigenvalue weighted by Gasteiger charge is -2.38. The summed E-state index contributed by atoms with van der Waals surface area (Å²) in [5, 5.41) is 8.05. The van der Waals surface area contributed by atoms with Crippen molar-refractivity contribution in [1.29, 1.82) is 0 Å². The van der Waals surface area contributed by atoms with Gasteiger partial charge >= 0.3 is 6.03 Å². The first-order valence-corrected chi connectivity index (χ1v) is 12.4. The Hall–Kier alpha value is -2.63. The first-order valence-electron chi connectivity index (χ1n) is 12.0. The number of amides is 2. The highest BCUT2D eigenvalue weighted by Gasteiger charge is 2.35. The second-order valence-corrected chi connectivity index (χ2v) is 9.87. The Morgan fingerprint density at radius 1 is 1.03 bits per heavy atom. The fraction of sp³-hybridized carbons (Fsp3) is 0.407. The lowest BCUT2D eigenvalue weighted by Crippen LogP contribution is -2.52. The molecule has 172 valence electrons. The van der Waals surface area contributed by atoms with Crippen LogP contribution in [0, 0.1) is 5.92 Å². The van der Waals surface area contributed by atoms with Crippen molar-refractivity contribution in [2.75, 3.05) is 18.4 Å². The third-order valence-corrected chi connectivity index (χ3v) is 7.45. The first-order chi connectivity index (χ1) is 16.1. The van der Waals surface area contributed by atoms with Crippen LogP contribution in [0.15, 0.2) is 60.8 Å². The fourth-order valence-electron chi connectivity index (χ4n) is 5.46. The molecule has 1 aliphatic carbocycles. The largest absolute Gasteiger partial charge is 0.334 e. The van der Waals surface area contributed by atoms with E-state index in [1.54, 1.807) is 6.20 Å². The van der Waals surface area contributed by atoms with Crippen molar-refractivity contribution < 1.29 is 4.79 Å². The maximum absolute atomic E-state index is 12.7. The van der Waals surface area contributed by atoms with E-state index < -0.39 is 0 Å². The Morgan fingerprint density at radius 2 is 1.82 bits per heavy atom. The van der Waals surface area contributed by atoms with Gasteiger partial charge in [-0.3, -0.25) is 9.88 Å². The van der Waals surface area contributed by atoms with E-state index in [1.165, 1.54) is 18.4 Å². The maximum Gasteiger partial charge on any atom is 0.319 e. The molecular formula is C27H31ClN4O. The van der Waals surface area contributed by atoms with Gasteiger partial charge in [0.2, 0.25) is 0 Å². The number of urea groups is 1. The molecule has 5 nitrogen and oxygen atoms in total. The summed E-state index contributed by atoms with van der Waals surface area (Å²) in [5.41, 5.74) is 3.03. The maximum atomic E-state index is 12.7. The SMILES string of the molecule is O=C(Nc1cnc2ccccc2c1)NC1CCCC1N1CCC(Cc2ccc(Cl)cc2)CC1. The normalized spacial score (nSPS) is 21.8. The van der Waals surface area contributed by atoms with Crippen LogP contribution < -0.4 is 10.6 Å². The quantitative estimate of drug-likeness (QED) is 0.497. The molecule has 1 aromatic heterocycles. The van der Waals surface area contributed by atoms with Crippen LogP contribution in [0.4, 0.5) is 10.5 Å². The molecule has 2 N–H and O–H groups in total. The van der Waals surface area contributed by atoms with E-state index in [0.717, 1.165) is 66.3 Å². The van der Waals surface area contributed by atoms with Crippen molar-refractivity contribution in [1.82, 2.24) is 15.2 Å². The topological polar surface area (TPSA) is 57.3 Å². The number of fused-ring (bicyclic) bond motifs is 1. The minimum atomic E-state index is -0.137. The number of aromatic nitrogens is 1. The number of anilines is 1. The molecule has 2 heterocycles. The number of para-hydroxylation sites is 1. The number of piperidine rings is 1. The van der Waals surface area contributed by atoms with Gasteiger partial charge in [0.15, 0.2) is 0 Å². The average molecular weight is 463 g/mol. The van der Waals surface area contributed by atoms with Crippen LogP contribution in [-0.2, 0) is 6.42 Å². The second kappa shape index (κ2) is 10.1. The molecule has 2 fully saturated rings. The summed E-state index contributed by atoms with van der Waals surface area (Å²) in [6, 6.07) is 18.7. The Bertz CT molecular complexity index is 1090. The fourth-order valence-corrected chi connectivity index (χ4v) is 5.59. The van der Waals surface area contributed by atoms with Crippen molar-refractivity contribution >= 4 is 34.2 Å². The first kappa shape index (κ1) is 22.2. The highest BCUT2D eigenvalue weighted by Crippen LogP contribution is 2.30. The third-order valence-electron chi connectivity index (χ3n) is 7.20. The molecule has 1 saturated carbocycles. The van der Waals surface area contributed by atoms with E-state index in [2.05, 4.69) is 32.7 Å². The molecule has 1 saturated heterocycles. The van der Waals surface area contributed by atoms with Gasteiger partial charge < -0.3 is 10.6 Å². The van der Waals surface area contributed by atoms with Gasteiger partial charge in [0, 0.05) is 22.5 Å². The van der Waals surface area contributed by atoms with Crippen LogP contribution in [0.3, 0.4) is 0 Å². The van der Waals surface area contributed by atoms with Gasteiger partial charge in [-0.2, -0.15) is 0 Å². The van der Waals surface area contributed by atoms with Crippen molar-refractivity contribution in [2.45, 2.75) is 50.6 Å². The molecule has 1 aliphatic heterocycles. The average Bonchev–Trinajstić information content (AvgIpc) is 3.29. The minimum absolute atomic E-state index is 0.137. The molecular weight excluding hydrogens is 432 g/mol. The second-order valence-electron chi connectivity index (χ2n) is 9.43. The van der Waals surface area contributed by atoms with Gasteiger partial charge in [-0.15, -0.1) is 0 Å². The molecule has 0 bridgehead atoms. The van der Waals surface area contributed by atoms with E-state index in [4.69, 9.17) is 11.6 Å². The molecule has 0 spiro atoms. The summed E-state index contributed by atoms with van der Waals surface area (Å²) < 4.78 is 0. The summed E-state index contributed by atoms with van der Waals surface area (Å²) in [5.74, 6) is 0.721. The summed E-state index contributed by atoms with van der Waals surface area (Å²) in [7, 11) is 0. The molecule has 0 radical (unpaired) electrons. The van der Waals surface area contributed by atoms with Gasteiger partial charge in [0.25, 0.3) is 0 Å². The van der Waals surface area contributed by atoms with Crippen LogP contribution >= 0.6 is 11.6 Å². The third kappa shape index (κ3) is 5.48. The Labute approximate surface area is 200 Å². The number of nitrogens with one attached hydrogen (secondary N) is 2. The van der Waals surface area contributed by atoms with Crippen LogP contribution in [0.1, 0.15) is 37.7 Å². The number of benzene rings is 2. The summed E-state index contributed by atoms with van der Waals surface area (Å²) in [4.78, 5) is 19.8. The molecule has 6 heteroatoms. The number of carbonyl (C=O) groups excluding carboxylic acids is 1. The molecule has 2 atom stereocenters. The zero-order valence-corrected chi connectivity index (χ0v) is 19.6. The predicted molar refractivity (Wildman–Crippen MR) is 135 cm³/mol. The van der Waals surface area contributed by atoms with Crippen LogP contribution in [0.25, 0.3) is 10.9 Å². The highest BCUT2D eigenvalue weighted by molar-refractivity contribution is 6.30. The highest BCUT2D eigenvalue weighted by atomic mass is 35.5. The zero-order chi connectivity index (χ0) is 22.6. The van der Waals surface area contributed by atoms with Crippen LogP contribution in [-0.4, -0.2) is 41.1 Å². The number of carbonyl (C=O) groups is 1. The zero-order valence-electron chi connectivity index (χ0n) is 18.8. The van der Waals surface area contributed by atoms with Crippen molar-refractivity contribution in [3.63, 3.8) is 0 Å². The number of halogens is 1. The van der Waals surface area contributed by atoms with E-state index in [0.29, 0.717) is 6.04 Å². The monoisotopic (exact) mass is 462 g/mol. The summed E-state index contributed by atoms with van der Waals surface area (Å²) >= 11 is 6.02. The number of hydrogen-bond donors (Lipinski definition) is 2. The number of likely N-dealkylation sites (tertiary alicyclic amines) is 1. The van der Waals surface area contributed by atoms with Crippen molar-refractivity contribution in [3.8, 4) is 0 Å². The molecule has 2 aliphatic rings.